The molecule has 0 saturated carbocycles. The average Bonchev–Trinajstić information content (AvgIpc) is 2.92. The highest BCUT2D eigenvalue weighted by Crippen LogP contribution is 2.39. The van der Waals surface area contributed by atoms with Crippen LogP contribution in [-0.4, -0.2) is 11.0 Å². The topological polar surface area (TPSA) is 64.9 Å². The highest BCUT2D eigenvalue weighted by Gasteiger charge is 2.24. The number of nitrogens with one attached hydrogen (secondary N) is 2. The van der Waals surface area contributed by atoms with Crippen molar-refractivity contribution in [2.24, 2.45) is 5.92 Å². The molecule has 1 aliphatic rings. The minimum atomic E-state index is -0.401. The van der Waals surface area contributed by atoms with E-state index >= 15 is 0 Å². The molecule has 1 amide bonds. The first kappa shape index (κ1) is 19.3. The highest BCUT2D eigenvalue weighted by molar-refractivity contribution is 9.10. The Morgan fingerprint density at radius 3 is 3.00 bits per heavy atom. The van der Waals surface area contributed by atoms with Crippen LogP contribution < -0.4 is 10.6 Å². The lowest BCUT2D eigenvalue weighted by atomic mass is 9.89. The van der Waals surface area contributed by atoms with Gasteiger partial charge in [-0.3, -0.25) is 10.1 Å². The van der Waals surface area contributed by atoms with Crippen LogP contribution in [0.1, 0.15) is 39.7 Å². The molecule has 26 heavy (non-hydrogen) atoms. The van der Waals surface area contributed by atoms with Crippen molar-refractivity contribution in [3.05, 3.63) is 49.3 Å². The van der Waals surface area contributed by atoms with Crippen LogP contribution in [0.4, 0.5) is 5.00 Å². The molecule has 0 saturated heterocycles. The van der Waals surface area contributed by atoms with E-state index in [-0.39, 0.29) is 5.11 Å². The van der Waals surface area contributed by atoms with Gasteiger partial charge in [0.2, 0.25) is 0 Å². The third kappa shape index (κ3) is 4.09. The summed E-state index contributed by atoms with van der Waals surface area (Å²) in [5, 5.41) is 16.3. The van der Waals surface area contributed by atoms with Crippen molar-refractivity contribution in [2.45, 2.75) is 26.2 Å². The number of nitriles is 1. The normalized spacial score (nSPS) is 15.7. The molecule has 3 rings (SSSR count). The van der Waals surface area contributed by atoms with Crippen LogP contribution in [0, 0.1) is 17.2 Å². The first-order chi connectivity index (χ1) is 12.4. The van der Waals surface area contributed by atoms with Gasteiger partial charge in [-0.1, -0.05) is 34.5 Å². The monoisotopic (exact) mass is 467 g/mol. The van der Waals surface area contributed by atoms with Crippen molar-refractivity contribution in [2.75, 3.05) is 5.32 Å². The quantitative estimate of drug-likeness (QED) is 0.588. The number of anilines is 1. The summed E-state index contributed by atoms with van der Waals surface area (Å²) < 4.78 is 0.748. The van der Waals surface area contributed by atoms with Gasteiger partial charge < -0.3 is 5.32 Å². The Bertz CT molecular complexity index is 935. The molecule has 1 heterocycles. The maximum atomic E-state index is 12.4. The summed E-state index contributed by atoms with van der Waals surface area (Å²) in [5.74, 6) is 0.216. The van der Waals surface area contributed by atoms with Gasteiger partial charge in [0.05, 0.1) is 16.1 Å². The van der Waals surface area contributed by atoms with Gasteiger partial charge in [-0.2, -0.15) is 5.26 Å². The van der Waals surface area contributed by atoms with E-state index in [4.69, 9.17) is 23.8 Å². The van der Waals surface area contributed by atoms with Crippen LogP contribution in [0.25, 0.3) is 0 Å². The van der Waals surface area contributed by atoms with E-state index in [2.05, 4.69) is 39.6 Å². The van der Waals surface area contributed by atoms with Crippen LogP contribution in [0.15, 0.2) is 22.7 Å². The van der Waals surface area contributed by atoms with E-state index < -0.39 is 5.91 Å². The number of benzene rings is 1. The third-order valence-corrected chi connectivity index (χ3v) is 6.45. The summed E-state index contributed by atoms with van der Waals surface area (Å²) in [6.45, 7) is 2.22. The van der Waals surface area contributed by atoms with Gasteiger partial charge in [-0.25, -0.2) is 0 Å². The van der Waals surface area contributed by atoms with E-state index in [1.54, 1.807) is 29.5 Å². The Balaban J connectivity index is 1.76. The maximum Gasteiger partial charge on any atom is 0.258 e. The van der Waals surface area contributed by atoms with Gasteiger partial charge in [0, 0.05) is 9.35 Å². The Morgan fingerprint density at radius 2 is 2.27 bits per heavy atom. The van der Waals surface area contributed by atoms with Gasteiger partial charge in [-0.15, -0.1) is 11.3 Å². The minimum absolute atomic E-state index is 0.147. The number of halogens is 2. The van der Waals surface area contributed by atoms with Gasteiger partial charge in [-0.05, 0) is 61.2 Å². The SMILES string of the molecule is C[C@@H]1CCc2c(sc(NC(=S)NC(=O)c3cc(Br)ccc3Cl)c2C#N)C1. The van der Waals surface area contributed by atoms with Gasteiger partial charge in [0.1, 0.15) is 11.1 Å². The molecular formula is C18H15BrClN3OS2. The number of carbonyl (C=O) groups excluding carboxylic acids is 1. The highest BCUT2D eigenvalue weighted by atomic mass is 79.9. The third-order valence-electron chi connectivity index (χ3n) is 4.25. The number of fused-ring (bicyclic) bond motifs is 1. The largest absolute Gasteiger partial charge is 0.323 e. The molecule has 0 fully saturated rings. The Labute approximate surface area is 174 Å². The summed E-state index contributed by atoms with van der Waals surface area (Å²) in [6.07, 6.45) is 2.97. The first-order valence-electron chi connectivity index (χ1n) is 8.01. The molecule has 2 N–H and O–H groups in total. The van der Waals surface area contributed by atoms with Crippen LogP contribution in [0.5, 0.6) is 0 Å². The van der Waals surface area contributed by atoms with Crippen LogP contribution in [0.2, 0.25) is 5.02 Å². The molecule has 0 unspecified atom stereocenters. The predicted molar refractivity (Wildman–Crippen MR) is 113 cm³/mol. The summed E-state index contributed by atoms with van der Waals surface area (Å²) in [5.41, 5.74) is 2.07. The number of thiocarbonyl (C=S) groups is 1. The number of thiophene rings is 1. The zero-order chi connectivity index (χ0) is 18.8. The molecule has 134 valence electrons. The average molecular weight is 469 g/mol. The van der Waals surface area contributed by atoms with Crippen molar-refractivity contribution >= 4 is 67.1 Å². The summed E-state index contributed by atoms with van der Waals surface area (Å²) >= 11 is 16.2. The van der Waals surface area contributed by atoms with E-state index in [1.807, 2.05) is 0 Å². The minimum Gasteiger partial charge on any atom is -0.323 e. The fraction of sp³-hybridized carbons (Fsp3) is 0.278. The lowest BCUT2D eigenvalue weighted by Crippen LogP contribution is -2.34. The Hall–Kier alpha value is -1.46. The molecule has 1 aliphatic carbocycles. The van der Waals surface area contributed by atoms with E-state index in [1.165, 1.54) is 4.88 Å². The summed E-state index contributed by atoms with van der Waals surface area (Å²) in [7, 11) is 0. The molecule has 2 aromatic rings. The zero-order valence-corrected chi connectivity index (χ0v) is 17.8. The first-order valence-corrected chi connectivity index (χ1v) is 10.4. The van der Waals surface area contributed by atoms with E-state index in [0.717, 1.165) is 29.3 Å². The van der Waals surface area contributed by atoms with Crippen molar-refractivity contribution < 1.29 is 4.79 Å². The van der Waals surface area contributed by atoms with Crippen molar-refractivity contribution in [1.29, 1.82) is 5.26 Å². The second-order valence-corrected chi connectivity index (χ2v) is 9.04. The lowest BCUT2D eigenvalue weighted by Gasteiger charge is -2.17. The lowest BCUT2D eigenvalue weighted by molar-refractivity contribution is 0.0978. The Kier molecular flexibility index (Phi) is 5.98. The predicted octanol–water partition coefficient (Wildman–Crippen LogP) is 5.29. The van der Waals surface area contributed by atoms with Gasteiger partial charge >= 0.3 is 0 Å². The van der Waals surface area contributed by atoms with Crippen molar-refractivity contribution in [1.82, 2.24) is 5.32 Å². The van der Waals surface area contributed by atoms with Crippen LogP contribution in [0.3, 0.4) is 0 Å². The molecule has 4 nitrogen and oxygen atoms in total. The molecule has 0 spiro atoms. The van der Waals surface area contributed by atoms with Gasteiger partial charge in [0.25, 0.3) is 5.91 Å². The number of carbonyl (C=O) groups is 1. The zero-order valence-electron chi connectivity index (χ0n) is 13.9. The summed E-state index contributed by atoms with van der Waals surface area (Å²) in [6, 6.07) is 7.30. The Morgan fingerprint density at radius 1 is 1.50 bits per heavy atom. The fourth-order valence-corrected chi connectivity index (χ4v) is 5.12. The summed E-state index contributed by atoms with van der Waals surface area (Å²) in [4.78, 5) is 13.6. The molecule has 1 aromatic heterocycles. The van der Waals surface area contributed by atoms with Crippen LogP contribution in [-0.2, 0) is 12.8 Å². The molecule has 1 atom stereocenters. The molecule has 0 aliphatic heterocycles. The molecule has 1 aromatic carbocycles. The molecular weight excluding hydrogens is 454 g/mol. The number of hydrogen-bond donors (Lipinski definition) is 2. The second-order valence-electron chi connectivity index (χ2n) is 6.20. The number of amides is 1. The van der Waals surface area contributed by atoms with Crippen molar-refractivity contribution in [3.8, 4) is 6.07 Å². The van der Waals surface area contributed by atoms with Gasteiger partial charge in [0.15, 0.2) is 5.11 Å². The second kappa shape index (κ2) is 8.05. The molecule has 0 bridgehead atoms. The van der Waals surface area contributed by atoms with Crippen LogP contribution >= 0.6 is 51.1 Å². The standard InChI is InChI=1S/C18H15BrClN3OS2/c1-9-2-4-11-13(8-21)17(26-15(11)6-9)23-18(25)22-16(24)12-7-10(19)3-5-14(12)20/h3,5,7,9H,2,4,6H2,1H3,(H2,22,23,24,25)/t9-/m1/s1. The van der Waals surface area contributed by atoms with Crippen molar-refractivity contribution in [3.63, 3.8) is 0 Å². The molecule has 8 heteroatoms. The van der Waals surface area contributed by atoms with E-state index in [9.17, 15) is 10.1 Å². The maximum absolute atomic E-state index is 12.4. The number of nitrogens with zero attached hydrogens (tertiary/aromatic N) is 1. The number of rotatable bonds is 2. The number of hydrogen-bond acceptors (Lipinski definition) is 4. The van der Waals surface area contributed by atoms with E-state index in [0.29, 0.717) is 27.1 Å². The molecule has 0 radical (unpaired) electrons. The smallest absolute Gasteiger partial charge is 0.258 e. The fourth-order valence-electron chi connectivity index (χ4n) is 2.93.